The highest BCUT2D eigenvalue weighted by Gasteiger charge is 2.76. The molecular weight excluding hydrogens is 472 g/mol. The molecule has 0 saturated heterocycles. The molecule has 7 nitrogen and oxygen atoms in total. The van der Waals surface area contributed by atoms with Gasteiger partial charge in [-0.05, 0) is 61.8 Å². The van der Waals surface area contributed by atoms with Gasteiger partial charge >= 0.3 is 5.97 Å². The van der Waals surface area contributed by atoms with Crippen molar-refractivity contribution in [2.45, 2.75) is 63.0 Å². The van der Waals surface area contributed by atoms with E-state index < -0.39 is 45.1 Å². The van der Waals surface area contributed by atoms with E-state index in [1.54, 1.807) is 19.1 Å². The van der Waals surface area contributed by atoms with Crippen LogP contribution in [0.4, 0.5) is 0 Å². The number of hydrogen-bond acceptors (Lipinski definition) is 7. The Morgan fingerprint density at radius 3 is 2.69 bits per heavy atom. The van der Waals surface area contributed by atoms with Gasteiger partial charge in [-0.3, -0.25) is 14.4 Å². The van der Waals surface area contributed by atoms with Crippen LogP contribution >= 0.6 is 11.6 Å². The molecule has 0 spiro atoms. The van der Waals surface area contributed by atoms with Gasteiger partial charge in [0.25, 0.3) is 0 Å². The fourth-order valence-electron chi connectivity index (χ4n) is 8.00. The Hall–Kier alpha value is -2.51. The molecule has 0 aromatic carbocycles. The number of ketones is 2. The SMILES string of the molecule is C[C@@H]1C[C@H]2C3CCC4=CC(=O)C=C[C@]4(C)[C@@]3(Cl)[C@@H](O)C[C@]2(C)[C@@]1(OC(=O)c1ccco1)C(=O)C=O. The summed E-state index contributed by atoms with van der Waals surface area (Å²) in [5.74, 6) is -2.77. The molecule has 1 heterocycles. The number of aliphatic hydroxyl groups excluding tert-OH is 1. The third-order valence-corrected chi connectivity index (χ3v) is 10.6. The molecule has 5 rings (SSSR count). The molecule has 8 atom stereocenters. The normalized spacial score (nSPS) is 44.0. The summed E-state index contributed by atoms with van der Waals surface area (Å²) in [7, 11) is 0. The van der Waals surface area contributed by atoms with Crippen molar-refractivity contribution in [3.63, 3.8) is 0 Å². The van der Waals surface area contributed by atoms with E-state index in [1.807, 2.05) is 13.8 Å². The fourth-order valence-corrected chi connectivity index (χ4v) is 8.52. The highest BCUT2D eigenvalue weighted by Crippen LogP contribution is 2.72. The van der Waals surface area contributed by atoms with E-state index in [0.717, 1.165) is 5.57 Å². The van der Waals surface area contributed by atoms with E-state index in [4.69, 9.17) is 20.8 Å². The van der Waals surface area contributed by atoms with E-state index in [-0.39, 0.29) is 36.1 Å². The molecule has 4 aliphatic carbocycles. The van der Waals surface area contributed by atoms with Gasteiger partial charge in [-0.1, -0.05) is 32.4 Å². The van der Waals surface area contributed by atoms with E-state index in [1.165, 1.54) is 24.5 Å². The van der Waals surface area contributed by atoms with Gasteiger partial charge in [0.15, 0.2) is 17.7 Å². The van der Waals surface area contributed by atoms with Crippen LogP contribution in [0.1, 0.15) is 57.0 Å². The molecule has 0 amide bonds. The van der Waals surface area contributed by atoms with Gasteiger partial charge in [0.05, 0.1) is 17.2 Å². The van der Waals surface area contributed by atoms with Crippen molar-refractivity contribution < 1.29 is 33.4 Å². The molecule has 0 bridgehead atoms. The second-order valence-corrected chi connectivity index (χ2v) is 11.6. The van der Waals surface area contributed by atoms with Gasteiger partial charge in [-0.15, -0.1) is 11.6 Å². The average molecular weight is 501 g/mol. The Balaban J connectivity index is 1.62. The van der Waals surface area contributed by atoms with E-state index in [9.17, 15) is 24.3 Å². The number of aldehydes is 1. The summed E-state index contributed by atoms with van der Waals surface area (Å²) in [6, 6.07) is 2.97. The van der Waals surface area contributed by atoms with Crippen LogP contribution in [-0.4, -0.2) is 45.5 Å². The Labute approximate surface area is 208 Å². The topological polar surface area (TPSA) is 111 Å². The summed E-state index contributed by atoms with van der Waals surface area (Å²) in [5, 5.41) is 11.7. The van der Waals surface area contributed by atoms with E-state index in [0.29, 0.717) is 19.3 Å². The minimum absolute atomic E-state index is 0.0533. The van der Waals surface area contributed by atoms with Crippen LogP contribution in [0.15, 0.2) is 46.6 Å². The van der Waals surface area contributed by atoms with Crippen molar-refractivity contribution in [3.8, 4) is 0 Å². The summed E-state index contributed by atoms with van der Waals surface area (Å²) in [6.45, 7) is 5.58. The number of esters is 1. The molecule has 8 heteroatoms. The summed E-state index contributed by atoms with van der Waals surface area (Å²) < 4.78 is 11.1. The van der Waals surface area contributed by atoms with Gasteiger partial charge in [0.1, 0.15) is 0 Å². The van der Waals surface area contributed by atoms with Crippen LogP contribution in [0.25, 0.3) is 0 Å². The summed E-state index contributed by atoms with van der Waals surface area (Å²) in [5.41, 5.74) is -2.66. The number of hydrogen-bond donors (Lipinski definition) is 1. The lowest BCUT2D eigenvalue weighted by molar-refractivity contribution is -0.178. The first-order valence-corrected chi connectivity index (χ1v) is 12.4. The quantitative estimate of drug-likeness (QED) is 0.289. The van der Waals surface area contributed by atoms with Gasteiger partial charge in [-0.2, -0.15) is 0 Å². The number of Topliss-reactive ketones (excluding diaryl/α,β-unsaturated/α-hetero) is 1. The third kappa shape index (κ3) is 2.88. The second-order valence-electron chi connectivity index (χ2n) is 11.0. The molecular formula is C27H29ClO7. The Morgan fingerprint density at radius 1 is 1.29 bits per heavy atom. The Morgan fingerprint density at radius 2 is 2.03 bits per heavy atom. The summed E-state index contributed by atoms with van der Waals surface area (Å²) >= 11 is 7.43. The number of ether oxygens (including phenoxy) is 1. The molecule has 1 unspecified atom stereocenters. The first kappa shape index (κ1) is 24.2. The first-order valence-electron chi connectivity index (χ1n) is 12.0. The average Bonchev–Trinajstić information content (AvgIpc) is 3.42. The lowest BCUT2D eigenvalue weighted by Crippen LogP contribution is -2.69. The molecule has 3 saturated carbocycles. The van der Waals surface area contributed by atoms with Crippen LogP contribution in [0.3, 0.4) is 0 Å². The molecule has 35 heavy (non-hydrogen) atoms. The fraction of sp³-hybridized carbons (Fsp3) is 0.556. The van der Waals surface area contributed by atoms with E-state index in [2.05, 4.69) is 0 Å². The maximum Gasteiger partial charge on any atom is 0.375 e. The van der Waals surface area contributed by atoms with Crippen LogP contribution in [0, 0.1) is 28.6 Å². The monoisotopic (exact) mass is 500 g/mol. The zero-order valence-corrected chi connectivity index (χ0v) is 20.7. The van der Waals surface area contributed by atoms with Gasteiger partial charge < -0.3 is 14.3 Å². The standard InChI is InChI=1S/C27H29ClO7/c1-15-11-19-18-7-6-16-12-17(30)8-9-24(16,2)26(18,28)21(31)13-25(19,3)27(15,22(32)14-29)35-23(33)20-5-4-10-34-20/h4-5,8-10,12,14-15,18-19,21,31H,6-7,11,13H2,1-3H3/t15-,18?,19+,21+,24+,25+,26+,27+/m1/s1. The molecule has 1 N–H and O–H groups in total. The number of halogens is 1. The van der Waals surface area contributed by atoms with Crippen molar-refractivity contribution in [2.75, 3.05) is 0 Å². The van der Waals surface area contributed by atoms with Crippen LogP contribution in [0.5, 0.6) is 0 Å². The van der Waals surface area contributed by atoms with Gasteiger partial charge in [-0.25, -0.2) is 4.79 Å². The molecule has 1 aromatic rings. The minimum Gasteiger partial charge on any atom is -0.457 e. The molecule has 1 aromatic heterocycles. The number of fused-ring (bicyclic) bond motifs is 5. The number of allylic oxidation sites excluding steroid dienone is 4. The Kier molecular flexibility index (Phi) is 5.35. The number of alkyl halides is 1. The number of rotatable bonds is 4. The maximum absolute atomic E-state index is 13.3. The Bertz CT molecular complexity index is 1170. The molecule has 0 radical (unpaired) electrons. The smallest absolute Gasteiger partial charge is 0.375 e. The third-order valence-electron chi connectivity index (χ3n) is 9.63. The van der Waals surface area contributed by atoms with E-state index >= 15 is 0 Å². The van der Waals surface area contributed by atoms with Crippen LogP contribution < -0.4 is 0 Å². The molecule has 186 valence electrons. The highest BCUT2D eigenvalue weighted by molar-refractivity contribution is 6.30. The van der Waals surface area contributed by atoms with Crippen molar-refractivity contribution in [3.05, 3.63) is 48.0 Å². The number of aliphatic hydroxyl groups is 1. The second kappa shape index (κ2) is 7.74. The molecule has 3 fully saturated rings. The van der Waals surface area contributed by atoms with Crippen molar-refractivity contribution in [1.29, 1.82) is 0 Å². The minimum atomic E-state index is -1.77. The highest BCUT2D eigenvalue weighted by atomic mass is 35.5. The zero-order valence-electron chi connectivity index (χ0n) is 20.0. The lowest BCUT2D eigenvalue weighted by Gasteiger charge is -2.63. The summed E-state index contributed by atoms with van der Waals surface area (Å²) in [4.78, 5) is 49.2. The summed E-state index contributed by atoms with van der Waals surface area (Å²) in [6.07, 6.45) is 7.14. The van der Waals surface area contributed by atoms with Gasteiger partial charge in [0, 0.05) is 16.7 Å². The van der Waals surface area contributed by atoms with Gasteiger partial charge in [0.2, 0.25) is 11.5 Å². The predicted molar refractivity (Wildman–Crippen MR) is 126 cm³/mol. The largest absolute Gasteiger partial charge is 0.457 e. The van der Waals surface area contributed by atoms with Crippen LogP contribution in [-0.2, 0) is 19.1 Å². The number of carbonyl (C=O) groups excluding carboxylic acids is 4. The van der Waals surface area contributed by atoms with Crippen LogP contribution in [0.2, 0.25) is 0 Å². The zero-order chi connectivity index (χ0) is 25.4. The number of carbonyl (C=O) groups is 4. The van der Waals surface area contributed by atoms with Crippen molar-refractivity contribution >= 4 is 35.4 Å². The molecule has 4 aliphatic rings. The predicted octanol–water partition coefficient (Wildman–Crippen LogP) is 3.83. The maximum atomic E-state index is 13.3. The first-order chi connectivity index (χ1) is 16.5. The number of furan rings is 1. The lowest BCUT2D eigenvalue weighted by atomic mass is 9.45. The van der Waals surface area contributed by atoms with Crippen molar-refractivity contribution in [2.24, 2.45) is 28.6 Å². The molecule has 0 aliphatic heterocycles. The van der Waals surface area contributed by atoms with Crippen molar-refractivity contribution in [1.82, 2.24) is 0 Å².